The highest BCUT2D eigenvalue weighted by atomic mass is 16.5. The van der Waals surface area contributed by atoms with E-state index in [9.17, 15) is 14.4 Å². The molecule has 1 aromatic carbocycles. The van der Waals surface area contributed by atoms with Crippen LogP contribution in [0.5, 0.6) is 11.5 Å². The van der Waals surface area contributed by atoms with Gasteiger partial charge in [-0.2, -0.15) is 5.26 Å². The van der Waals surface area contributed by atoms with Crippen molar-refractivity contribution in [3.63, 3.8) is 0 Å². The molecule has 0 saturated carbocycles. The third-order valence-electron chi connectivity index (χ3n) is 3.39. The van der Waals surface area contributed by atoms with E-state index in [1.165, 1.54) is 12.1 Å². The summed E-state index contributed by atoms with van der Waals surface area (Å²) in [5, 5.41) is 8.70. The number of nitriles is 1. The first kappa shape index (κ1) is 18.3. The first-order chi connectivity index (χ1) is 12.0. The molecule has 1 fully saturated rings. The molecule has 8 nitrogen and oxygen atoms in total. The maximum atomic E-state index is 12.3. The Morgan fingerprint density at radius 2 is 1.64 bits per heavy atom. The van der Waals surface area contributed by atoms with E-state index in [4.69, 9.17) is 14.7 Å². The average Bonchev–Trinajstić information content (AvgIpc) is 2.82. The second-order valence-corrected chi connectivity index (χ2v) is 5.30. The van der Waals surface area contributed by atoms with Crippen LogP contribution >= 0.6 is 0 Å². The van der Waals surface area contributed by atoms with Crippen molar-refractivity contribution >= 4 is 23.5 Å². The van der Waals surface area contributed by atoms with Gasteiger partial charge < -0.3 is 9.47 Å². The average molecular weight is 345 g/mol. The third-order valence-corrected chi connectivity index (χ3v) is 3.39. The van der Waals surface area contributed by atoms with Crippen LogP contribution in [0, 0.1) is 11.3 Å². The van der Waals surface area contributed by atoms with Crippen LogP contribution in [0.3, 0.4) is 0 Å². The molecule has 25 heavy (non-hydrogen) atoms. The Kier molecular flexibility index (Phi) is 5.95. The Bertz CT molecular complexity index is 725. The van der Waals surface area contributed by atoms with E-state index < -0.39 is 24.4 Å². The molecule has 0 bridgehead atoms. The predicted octanol–water partition coefficient (Wildman–Crippen LogP) is 2.08. The Hall–Kier alpha value is -3.08. The van der Waals surface area contributed by atoms with Crippen molar-refractivity contribution in [1.29, 1.82) is 5.26 Å². The van der Waals surface area contributed by atoms with Crippen LogP contribution in [0.1, 0.15) is 26.7 Å². The van der Waals surface area contributed by atoms with Crippen molar-refractivity contribution in [2.45, 2.75) is 26.7 Å². The van der Waals surface area contributed by atoms with Crippen molar-refractivity contribution < 1.29 is 23.9 Å². The molecule has 1 aliphatic heterocycles. The van der Waals surface area contributed by atoms with Crippen LogP contribution in [0.15, 0.2) is 18.2 Å². The molecular formula is C17H19N3O5. The van der Waals surface area contributed by atoms with Crippen molar-refractivity contribution in [2.24, 2.45) is 0 Å². The van der Waals surface area contributed by atoms with E-state index in [1.54, 1.807) is 12.1 Å². The highest BCUT2D eigenvalue weighted by molar-refractivity contribution is 6.52. The van der Waals surface area contributed by atoms with E-state index in [0.29, 0.717) is 29.6 Å². The van der Waals surface area contributed by atoms with Crippen LogP contribution in [0.2, 0.25) is 0 Å². The normalized spacial score (nSPS) is 14.0. The number of hydrogen-bond acceptors (Lipinski definition) is 6. The predicted molar refractivity (Wildman–Crippen MR) is 88.2 cm³/mol. The van der Waals surface area contributed by atoms with E-state index in [0.717, 1.165) is 17.7 Å². The fourth-order valence-electron chi connectivity index (χ4n) is 2.24. The van der Waals surface area contributed by atoms with Crippen molar-refractivity contribution in [3.05, 3.63) is 18.2 Å². The van der Waals surface area contributed by atoms with Gasteiger partial charge in [-0.3, -0.25) is 9.59 Å². The first-order valence-corrected chi connectivity index (χ1v) is 8.01. The van der Waals surface area contributed by atoms with Crippen molar-refractivity contribution in [1.82, 2.24) is 4.90 Å². The molecule has 0 atom stereocenters. The standard InChI is InChI=1S/C17H19N3O5/c1-3-9-24-13-6-5-12(11-14(13)25-10-4-2)20-16(22)15(21)19(8-7-18)17(20)23/h5-6,11H,3-4,8-10H2,1-2H3. The lowest BCUT2D eigenvalue weighted by atomic mass is 10.2. The van der Waals surface area contributed by atoms with Crippen LogP contribution in [-0.4, -0.2) is 42.5 Å². The summed E-state index contributed by atoms with van der Waals surface area (Å²) in [4.78, 5) is 37.6. The number of imide groups is 2. The zero-order chi connectivity index (χ0) is 18.4. The van der Waals surface area contributed by atoms with Gasteiger partial charge in [0.05, 0.1) is 25.0 Å². The first-order valence-electron chi connectivity index (χ1n) is 8.01. The number of carbonyl (C=O) groups is 3. The maximum absolute atomic E-state index is 12.3. The third kappa shape index (κ3) is 3.71. The molecule has 8 heteroatoms. The molecule has 4 amide bonds. The molecule has 132 valence electrons. The fourth-order valence-corrected chi connectivity index (χ4v) is 2.24. The Morgan fingerprint density at radius 3 is 2.24 bits per heavy atom. The highest BCUT2D eigenvalue weighted by Crippen LogP contribution is 2.34. The number of hydrogen-bond donors (Lipinski definition) is 0. The van der Waals surface area contributed by atoms with Gasteiger partial charge in [-0.25, -0.2) is 14.6 Å². The number of anilines is 1. The zero-order valence-electron chi connectivity index (χ0n) is 14.2. The SMILES string of the molecule is CCCOc1ccc(N2C(=O)C(=O)N(CC#N)C2=O)cc1OCCC. The van der Waals surface area contributed by atoms with Gasteiger partial charge in [-0.15, -0.1) is 0 Å². The largest absolute Gasteiger partial charge is 0.490 e. The lowest BCUT2D eigenvalue weighted by Gasteiger charge is -2.17. The molecule has 0 spiro atoms. The quantitative estimate of drug-likeness (QED) is 0.406. The van der Waals surface area contributed by atoms with Gasteiger partial charge in [-0.1, -0.05) is 13.8 Å². The minimum absolute atomic E-state index is 0.193. The van der Waals surface area contributed by atoms with Crippen molar-refractivity contribution in [2.75, 3.05) is 24.7 Å². The molecule has 0 unspecified atom stereocenters. The van der Waals surface area contributed by atoms with Gasteiger partial charge in [-0.05, 0) is 25.0 Å². The number of benzene rings is 1. The molecular weight excluding hydrogens is 326 g/mol. The summed E-state index contributed by atoms with van der Waals surface area (Å²) in [6.07, 6.45) is 1.59. The van der Waals surface area contributed by atoms with Crippen LogP contribution < -0.4 is 14.4 Å². The number of amides is 4. The summed E-state index contributed by atoms with van der Waals surface area (Å²) in [7, 11) is 0. The molecule has 0 N–H and O–H groups in total. The van der Waals surface area contributed by atoms with Gasteiger partial charge in [0.2, 0.25) is 0 Å². The highest BCUT2D eigenvalue weighted by Gasteiger charge is 2.45. The Morgan fingerprint density at radius 1 is 1.00 bits per heavy atom. The minimum atomic E-state index is -1.02. The van der Waals surface area contributed by atoms with Gasteiger partial charge >= 0.3 is 17.8 Å². The minimum Gasteiger partial charge on any atom is -0.490 e. The van der Waals surface area contributed by atoms with Crippen LogP contribution in [0.25, 0.3) is 0 Å². The van der Waals surface area contributed by atoms with Crippen molar-refractivity contribution in [3.8, 4) is 17.6 Å². The summed E-state index contributed by atoms with van der Waals surface area (Å²) < 4.78 is 11.2. The molecule has 1 saturated heterocycles. The van der Waals surface area contributed by atoms with Crippen LogP contribution in [0.4, 0.5) is 10.5 Å². The number of rotatable bonds is 8. The zero-order valence-corrected chi connectivity index (χ0v) is 14.2. The molecule has 0 aromatic heterocycles. The summed E-state index contributed by atoms with van der Waals surface area (Å²) in [5.41, 5.74) is 0.193. The monoisotopic (exact) mass is 345 g/mol. The lowest BCUT2D eigenvalue weighted by molar-refractivity contribution is -0.139. The second-order valence-electron chi connectivity index (χ2n) is 5.30. The van der Waals surface area contributed by atoms with E-state index >= 15 is 0 Å². The van der Waals surface area contributed by atoms with Gasteiger partial charge in [0.25, 0.3) is 0 Å². The van der Waals surface area contributed by atoms with E-state index in [1.807, 2.05) is 13.8 Å². The van der Waals surface area contributed by atoms with Gasteiger partial charge in [0.1, 0.15) is 6.54 Å². The Balaban J connectivity index is 2.35. The molecule has 2 rings (SSSR count). The van der Waals surface area contributed by atoms with E-state index in [2.05, 4.69) is 0 Å². The second kappa shape index (κ2) is 8.15. The maximum Gasteiger partial charge on any atom is 0.339 e. The van der Waals surface area contributed by atoms with Gasteiger partial charge in [0, 0.05) is 6.07 Å². The summed E-state index contributed by atoms with van der Waals surface area (Å²) in [6, 6.07) is 5.43. The summed E-state index contributed by atoms with van der Waals surface area (Å²) in [6.45, 7) is 4.38. The molecule has 1 aliphatic rings. The molecule has 1 heterocycles. The van der Waals surface area contributed by atoms with Gasteiger partial charge in [0.15, 0.2) is 11.5 Å². The molecule has 0 aliphatic carbocycles. The number of ether oxygens (including phenoxy) is 2. The lowest BCUT2D eigenvalue weighted by Crippen LogP contribution is -2.33. The smallest absolute Gasteiger partial charge is 0.339 e. The molecule has 0 radical (unpaired) electrons. The number of urea groups is 1. The topological polar surface area (TPSA) is 99.9 Å². The Labute approximate surface area is 145 Å². The van der Waals surface area contributed by atoms with E-state index in [-0.39, 0.29) is 5.69 Å². The molecule has 1 aromatic rings. The number of nitrogens with zero attached hydrogens (tertiary/aromatic N) is 3. The number of carbonyl (C=O) groups excluding carboxylic acids is 3. The summed E-state index contributed by atoms with van der Waals surface area (Å²) in [5.74, 6) is -1.13. The summed E-state index contributed by atoms with van der Waals surface area (Å²) >= 11 is 0. The fraction of sp³-hybridized carbons (Fsp3) is 0.412. The van der Waals surface area contributed by atoms with Crippen LogP contribution in [-0.2, 0) is 9.59 Å².